The molecular formula is C21H27ClN4O2S. The summed E-state index contributed by atoms with van der Waals surface area (Å²) in [5.74, 6) is 0.281. The molecule has 2 heterocycles. The lowest BCUT2D eigenvalue weighted by atomic mass is 9.96. The molecule has 0 aromatic carbocycles. The fourth-order valence-electron chi connectivity index (χ4n) is 3.77. The molecule has 1 fully saturated rings. The summed E-state index contributed by atoms with van der Waals surface area (Å²) in [4.78, 5) is 34.3. The Balaban J connectivity index is 1.86. The van der Waals surface area contributed by atoms with Gasteiger partial charge in [0.15, 0.2) is 0 Å². The van der Waals surface area contributed by atoms with E-state index in [-0.39, 0.29) is 18.5 Å². The summed E-state index contributed by atoms with van der Waals surface area (Å²) >= 11 is 7.42. The third-order valence-corrected chi connectivity index (χ3v) is 6.35. The van der Waals surface area contributed by atoms with Crippen molar-refractivity contribution < 1.29 is 9.59 Å². The minimum absolute atomic E-state index is 0.0483. The third-order valence-electron chi connectivity index (χ3n) is 5.28. The van der Waals surface area contributed by atoms with Gasteiger partial charge in [0.2, 0.25) is 5.91 Å². The van der Waals surface area contributed by atoms with Crippen LogP contribution in [0.2, 0.25) is 5.02 Å². The molecule has 1 unspecified atom stereocenters. The fourth-order valence-corrected chi connectivity index (χ4v) is 4.62. The number of rotatable bonds is 8. The Kier molecular flexibility index (Phi) is 7.50. The van der Waals surface area contributed by atoms with E-state index in [4.69, 9.17) is 11.6 Å². The summed E-state index contributed by atoms with van der Waals surface area (Å²) in [6.07, 6.45) is 8.51. The molecular weight excluding hydrogens is 408 g/mol. The zero-order chi connectivity index (χ0) is 20.8. The number of anilines is 1. The van der Waals surface area contributed by atoms with Gasteiger partial charge in [-0.05, 0) is 29.9 Å². The van der Waals surface area contributed by atoms with Crippen molar-refractivity contribution in [2.45, 2.75) is 38.1 Å². The summed E-state index contributed by atoms with van der Waals surface area (Å²) < 4.78 is 0. The van der Waals surface area contributed by atoms with Gasteiger partial charge in [-0.2, -0.15) is 0 Å². The average Bonchev–Trinajstić information content (AvgIpc) is 3.40. The molecule has 156 valence electrons. The van der Waals surface area contributed by atoms with Crippen molar-refractivity contribution in [2.24, 2.45) is 5.92 Å². The minimum atomic E-state index is -0.512. The molecule has 1 atom stereocenters. The number of hydrogen-bond donors (Lipinski definition) is 1. The smallest absolute Gasteiger partial charge is 0.266 e. The highest BCUT2D eigenvalue weighted by molar-refractivity contribution is 7.12. The van der Waals surface area contributed by atoms with Crippen LogP contribution in [-0.4, -0.2) is 53.4 Å². The standard InChI is InChI=1S/C21H27ClN4O2S/c1-25(2)20(27)18(10-15-6-3-4-7-15)26(21(28)19-8-5-9-29-19)14-24-17-11-16(22)12-23-13-17/h5,8-9,11-13,15,18,24H,3-4,6-7,10,14H2,1-2H3. The molecule has 1 saturated carbocycles. The minimum Gasteiger partial charge on any atom is -0.366 e. The van der Waals surface area contributed by atoms with Crippen molar-refractivity contribution in [2.75, 3.05) is 26.1 Å². The molecule has 0 spiro atoms. The molecule has 0 radical (unpaired) electrons. The quantitative estimate of drug-likeness (QED) is 0.627. The summed E-state index contributed by atoms with van der Waals surface area (Å²) in [6, 6.07) is 4.89. The van der Waals surface area contributed by atoms with Crippen molar-refractivity contribution in [3.8, 4) is 0 Å². The molecule has 1 aliphatic rings. The van der Waals surface area contributed by atoms with Crippen molar-refractivity contribution in [3.63, 3.8) is 0 Å². The summed E-state index contributed by atoms with van der Waals surface area (Å²) in [5.41, 5.74) is 0.707. The van der Waals surface area contributed by atoms with E-state index in [2.05, 4.69) is 10.3 Å². The van der Waals surface area contributed by atoms with Crippen LogP contribution in [0.15, 0.2) is 36.0 Å². The van der Waals surface area contributed by atoms with Crippen LogP contribution in [-0.2, 0) is 4.79 Å². The molecule has 29 heavy (non-hydrogen) atoms. The van der Waals surface area contributed by atoms with E-state index in [1.165, 1.54) is 24.2 Å². The molecule has 2 amide bonds. The Morgan fingerprint density at radius 2 is 2.07 bits per heavy atom. The molecule has 2 aromatic heterocycles. The topological polar surface area (TPSA) is 65.5 Å². The van der Waals surface area contributed by atoms with Crippen LogP contribution in [0.4, 0.5) is 5.69 Å². The Bertz CT molecular complexity index is 822. The van der Waals surface area contributed by atoms with Gasteiger partial charge in [-0.25, -0.2) is 0 Å². The predicted octanol–water partition coefficient (Wildman–Crippen LogP) is 4.35. The third kappa shape index (κ3) is 5.70. The normalized spacial score (nSPS) is 15.1. The zero-order valence-electron chi connectivity index (χ0n) is 16.8. The van der Waals surface area contributed by atoms with Gasteiger partial charge in [0.25, 0.3) is 5.91 Å². The second kappa shape index (κ2) is 10.1. The Hall–Kier alpha value is -2.12. The maximum atomic E-state index is 13.3. The highest BCUT2D eigenvalue weighted by atomic mass is 35.5. The van der Waals surface area contributed by atoms with E-state index in [1.807, 2.05) is 11.4 Å². The SMILES string of the molecule is CN(C)C(=O)C(CC1CCCC1)N(CNc1cncc(Cl)c1)C(=O)c1cccs1. The molecule has 2 aromatic rings. The molecule has 0 saturated heterocycles. The van der Waals surface area contributed by atoms with E-state index in [0.717, 1.165) is 12.8 Å². The first kappa shape index (κ1) is 21.6. The van der Waals surface area contributed by atoms with Gasteiger partial charge in [-0.1, -0.05) is 43.4 Å². The number of nitrogens with zero attached hydrogens (tertiary/aromatic N) is 3. The van der Waals surface area contributed by atoms with Crippen molar-refractivity contribution in [3.05, 3.63) is 45.9 Å². The second-order valence-electron chi connectivity index (χ2n) is 7.61. The molecule has 6 nitrogen and oxygen atoms in total. The summed E-state index contributed by atoms with van der Waals surface area (Å²) in [6.45, 7) is 0.204. The van der Waals surface area contributed by atoms with E-state index >= 15 is 0 Å². The molecule has 0 aliphatic heterocycles. The first-order valence-corrected chi connectivity index (χ1v) is 11.1. The summed E-state index contributed by atoms with van der Waals surface area (Å²) in [7, 11) is 3.48. The lowest BCUT2D eigenvalue weighted by Crippen LogP contribution is -2.51. The van der Waals surface area contributed by atoms with E-state index in [9.17, 15) is 9.59 Å². The van der Waals surface area contributed by atoms with Crippen LogP contribution < -0.4 is 5.32 Å². The maximum absolute atomic E-state index is 13.3. The number of pyridine rings is 1. The number of halogens is 1. The van der Waals surface area contributed by atoms with Crippen LogP contribution in [0.3, 0.4) is 0 Å². The molecule has 3 rings (SSSR count). The van der Waals surface area contributed by atoms with Gasteiger partial charge < -0.3 is 15.1 Å². The number of amides is 2. The highest BCUT2D eigenvalue weighted by Crippen LogP contribution is 2.31. The Labute approximate surface area is 180 Å². The number of thiophene rings is 1. The highest BCUT2D eigenvalue weighted by Gasteiger charge is 2.34. The average molecular weight is 435 g/mol. The van der Waals surface area contributed by atoms with Crippen molar-refractivity contribution in [1.82, 2.24) is 14.8 Å². The lowest BCUT2D eigenvalue weighted by Gasteiger charge is -2.34. The van der Waals surface area contributed by atoms with Gasteiger partial charge >= 0.3 is 0 Å². The second-order valence-corrected chi connectivity index (χ2v) is 9.00. The van der Waals surface area contributed by atoms with E-state index in [0.29, 0.717) is 27.9 Å². The summed E-state index contributed by atoms with van der Waals surface area (Å²) in [5, 5.41) is 5.61. The monoisotopic (exact) mass is 434 g/mol. The molecule has 8 heteroatoms. The van der Waals surface area contributed by atoms with Crippen molar-refractivity contribution >= 4 is 40.4 Å². The number of aromatic nitrogens is 1. The van der Waals surface area contributed by atoms with Crippen LogP contribution in [0.5, 0.6) is 0 Å². The maximum Gasteiger partial charge on any atom is 0.266 e. The fraction of sp³-hybridized carbons (Fsp3) is 0.476. The predicted molar refractivity (Wildman–Crippen MR) is 117 cm³/mol. The van der Waals surface area contributed by atoms with E-state index < -0.39 is 6.04 Å². The van der Waals surface area contributed by atoms with Crippen LogP contribution in [0.1, 0.15) is 41.8 Å². The number of nitrogens with one attached hydrogen (secondary N) is 1. The van der Waals surface area contributed by atoms with Gasteiger partial charge in [-0.15, -0.1) is 11.3 Å². The van der Waals surface area contributed by atoms with Crippen LogP contribution in [0.25, 0.3) is 0 Å². The largest absolute Gasteiger partial charge is 0.366 e. The first-order valence-electron chi connectivity index (χ1n) is 9.85. The van der Waals surface area contributed by atoms with E-state index in [1.54, 1.807) is 48.4 Å². The molecule has 0 bridgehead atoms. The zero-order valence-corrected chi connectivity index (χ0v) is 18.4. The number of carbonyl (C=O) groups excluding carboxylic acids is 2. The first-order chi connectivity index (χ1) is 14.0. The van der Waals surface area contributed by atoms with Gasteiger partial charge in [0.1, 0.15) is 6.04 Å². The van der Waals surface area contributed by atoms with Crippen molar-refractivity contribution in [1.29, 1.82) is 0 Å². The Morgan fingerprint density at radius 1 is 1.31 bits per heavy atom. The number of carbonyl (C=O) groups is 2. The van der Waals surface area contributed by atoms with Gasteiger partial charge in [-0.3, -0.25) is 14.6 Å². The number of hydrogen-bond acceptors (Lipinski definition) is 5. The van der Waals surface area contributed by atoms with Gasteiger partial charge in [0.05, 0.1) is 28.5 Å². The Morgan fingerprint density at radius 3 is 2.69 bits per heavy atom. The molecule has 1 N–H and O–H groups in total. The number of likely N-dealkylation sites (N-methyl/N-ethyl adjacent to an activating group) is 1. The van der Waals surface area contributed by atoms with Crippen LogP contribution in [0, 0.1) is 5.92 Å². The molecule has 1 aliphatic carbocycles. The van der Waals surface area contributed by atoms with Crippen LogP contribution >= 0.6 is 22.9 Å². The van der Waals surface area contributed by atoms with Gasteiger partial charge in [0, 0.05) is 20.3 Å². The lowest BCUT2D eigenvalue weighted by molar-refractivity contribution is -0.134.